The maximum Gasteiger partial charge on any atom is 0.135 e. The van der Waals surface area contributed by atoms with Crippen LogP contribution in [0, 0.1) is 0 Å². The van der Waals surface area contributed by atoms with E-state index in [4.69, 9.17) is 5.11 Å². The number of rotatable bonds is 3. The second-order valence-electron chi connectivity index (χ2n) is 2.10. The predicted molar refractivity (Wildman–Crippen MR) is 44.6 cm³/mol. The van der Waals surface area contributed by atoms with Crippen LogP contribution in [0.4, 0.5) is 5.69 Å². The van der Waals surface area contributed by atoms with Crippen LogP contribution in [0.25, 0.3) is 0 Å². The van der Waals surface area contributed by atoms with Gasteiger partial charge in [0.25, 0.3) is 0 Å². The maximum atomic E-state index is 8.98. The summed E-state index contributed by atoms with van der Waals surface area (Å²) in [5, 5.41) is 12.0. The average Bonchev–Trinajstić information content (AvgIpc) is 2.01. The Morgan fingerprint density at radius 1 is 1.64 bits per heavy atom. The molecule has 3 heteroatoms. The van der Waals surface area contributed by atoms with Crippen LogP contribution in [0.3, 0.4) is 0 Å². The van der Waals surface area contributed by atoms with Crippen molar-refractivity contribution >= 4 is 5.69 Å². The fourth-order valence-corrected chi connectivity index (χ4v) is 0.714. The normalized spacial score (nSPS) is 9.09. The van der Waals surface area contributed by atoms with Gasteiger partial charge in [-0.1, -0.05) is 6.08 Å². The highest BCUT2D eigenvalue weighted by Gasteiger charge is 1.90. The summed E-state index contributed by atoms with van der Waals surface area (Å²) in [5.41, 5.74) is 0.796. The Morgan fingerprint density at radius 3 is 3.09 bits per heavy atom. The van der Waals surface area contributed by atoms with Gasteiger partial charge in [-0.2, -0.15) is 0 Å². The highest BCUT2D eigenvalue weighted by Crippen LogP contribution is 2.12. The number of hydrogen-bond donors (Lipinski definition) is 2. The lowest BCUT2D eigenvalue weighted by Gasteiger charge is -2.01. The molecule has 1 aromatic rings. The number of anilines is 1. The highest BCUT2D eigenvalue weighted by molar-refractivity contribution is 5.44. The minimum absolute atomic E-state index is 0.166. The Morgan fingerprint density at radius 2 is 2.45 bits per heavy atom. The topological polar surface area (TPSA) is 45.2 Å². The number of pyridine rings is 1. The molecule has 58 valence electrons. The van der Waals surface area contributed by atoms with Crippen molar-refractivity contribution in [3.05, 3.63) is 31.1 Å². The van der Waals surface area contributed by atoms with Gasteiger partial charge in [0.2, 0.25) is 0 Å². The minimum Gasteiger partial charge on any atom is -0.506 e. The fourth-order valence-electron chi connectivity index (χ4n) is 0.714. The first-order valence-corrected chi connectivity index (χ1v) is 3.31. The lowest BCUT2D eigenvalue weighted by atomic mass is 10.4. The van der Waals surface area contributed by atoms with E-state index in [1.165, 1.54) is 6.20 Å². The Balaban J connectivity index is 2.63. The van der Waals surface area contributed by atoms with Crippen LogP contribution in [0.15, 0.2) is 31.1 Å². The van der Waals surface area contributed by atoms with Gasteiger partial charge in [0.05, 0.1) is 18.1 Å². The standard InChI is InChI=1S/C8H10N2O/c1-2-3-10-7-4-8(11)6-9-5-7/h2,4-6,10-11H,1,3H2. The minimum atomic E-state index is 0.166. The molecule has 0 aliphatic carbocycles. The van der Waals surface area contributed by atoms with Crippen LogP contribution >= 0.6 is 0 Å². The Labute approximate surface area is 65.4 Å². The Hall–Kier alpha value is -1.51. The lowest BCUT2D eigenvalue weighted by molar-refractivity contribution is 0.473. The first kappa shape index (κ1) is 7.60. The molecule has 1 heterocycles. The molecule has 2 N–H and O–H groups in total. The van der Waals surface area contributed by atoms with Crippen LogP contribution < -0.4 is 5.32 Å². The van der Waals surface area contributed by atoms with Crippen molar-refractivity contribution in [2.75, 3.05) is 11.9 Å². The summed E-state index contributed by atoms with van der Waals surface area (Å²) < 4.78 is 0. The number of aromatic nitrogens is 1. The summed E-state index contributed by atoms with van der Waals surface area (Å²) in [6.07, 6.45) is 4.77. The van der Waals surface area contributed by atoms with E-state index in [1.54, 1.807) is 18.3 Å². The molecule has 0 spiro atoms. The average molecular weight is 150 g/mol. The molecule has 0 aliphatic heterocycles. The van der Waals surface area contributed by atoms with Gasteiger partial charge in [0, 0.05) is 12.6 Å². The summed E-state index contributed by atoms with van der Waals surface area (Å²) in [5.74, 6) is 0.166. The van der Waals surface area contributed by atoms with E-state index in [2.05, 4.69) is 16.9 Å². The third-order valence-corrected chi connectivity index (χ3v) is 1.17. The molecule has 0 saturated carbocycles. The van der Waals surface area contributed by atoms with Gasteiger partial charge in [-0.15, -0.1) is 6.58 Å². The molecule has 0 aromatic carbocycles. The lowest BCUT2D eigenvalue weighted by Crippen LogP contribution is -1.97. The van der Waals surface area contributed by atoms with Crippen molar-refractivity contribution in [3.8, 4) is 5.75 Å². The molecule has 11 heavy (non-hydrogen) atoms. The summed E-state index contributed by atoms with van der Waals surface area (Å²) in [7, 11) is 0. The van der Waals surface area contributed by atoms with Gasteiger partial charge >= 0.3 is 0 Å². The van der Waals surface area contributed by atoms with Crippen LogP contribution in [-0.2, 0) is 0 Å². The Kier molecular flexibility index (Phi) is 2.49. The van der Waals surface area contributed by atoms with Crippen LogP contribution in [0.2, 0.25) is 0 Å². The molecule has 0 radical (unpaired) electrons. The molecule has 0 unspecified atom stereocenters. The molecule has 0 aliphatic rings. The number of aromatic hydroxyl groups is 1. The first-order chi connectivity index (χ1) is 5.33. The number of nitrogens with one attached hydrogen (secondary N) is 1. The van der Waals surface area contributed by atoms with Gasteiger partial charge in [0.15, 0.2) is 0 Å². The largest absolute Gasteiger partial charge is 0.506 e. The van der Waals surface area contributed by atoms with Gasteiger partial charge in [-0.25, -0.2) is 0 Å². The quantitative estimate of drug-likeness (QED) is 0.640. The number of hydrogen-bond acceptors (Lipinski definition) is 3. The van der Waals surface area contributed by atoms with E-state index in [0.29, 0.717) is 6.54 Å². The van der Waals surface area contributed by atoms with Gasteiger partial charge < -0.3 is 10.4 Å². The van der Waals surface area contributed by atoms with Gasteiger partial charge in [-0.3, -0.25) is 4.98 Å². The number of nitrogens with zero attached hydrogens (tertiary/aromatic N) is 1. The molecule has 3 nitrogen and oxygen atoms in total. The second kappa shape index (κ2) is 3.61. The molecule has 0 fully saturated rings. The highest BCUT2D eigenvalue weighted by atomic mass is 16.3. The van der Waals surface area contributed by atoms with Gasteiger partial charge in [-0.05, 0) is 0 Å². The zero-order valence-corrected chi connectivity index (χ0v) is 6.12. The van der Waals surface area contributed by atoms with E-state index in [0.717, 1.165) is 5.69 Å². The van der Waals surface area contributed by atoms with Crippen molar-refractivity contribution in [3.63, 3.8) is 0 Å². The summed E-state index contributed by atoms with van der Waals surface area (Å²) in [6, 6.07) is 1.61. The summed E-state index contributed by atoms with van der Waals surface area (Å²) in [6.45, 7) is 4.22. The summed E-state index contributed by atoms with van der Waals surface area (Å²) >= 11 is 0. The molecule has 0 saturated heterocycles. The smallest absolute Gasteiger partial charge is 0.135 e. The van der Waals surface area contributed by atoms with E-state index >= 15 is 0 Å². The molecule has 0 bridgehead atoms. The van der Waals surface area contributed by atoms with Crippen molar-refractivity contribution in [2.24, 2.45) is 0 Å². The zero-order valence-electron chi connectivity index (χ0n) is 6.12. The van der Waals surface area contributed by atoms with Crippen molar-refractivity contribution in [1.29, 1.82) is 0 Å². The van der Waals surface area contributed by atoms with E-state index < -0.39 is 0 Å². The van der Waals surface area contributed by atoms with E-state index in [9.17, 15) is 0 Å². The molecular weight excluding hydrogens is 140 g/mol. The molecule has 1 aromatic heterocycles. The molecular formula is C8H10N2O. The van der Waals surface area contributed by atoms with Crippen LogP contribution in [0.5, 0.6) is 5.75 Å². The molecule has 0 amide bonds. The third-order valence-electron chi connectivity index (χ3n) is 1.17. The maximum absolute atomic E-state index is 8.98. The monoisotopic (exact) mass is 150 g/mol. The van der Waals surface area contributed by atoms with Crippen molar-refractivity contribution < 1.29 is 5.11 Å². The van der Waals surface area contributed by atoms with Crippen LogP contribution in [-0.4, -0.2) is 16.6 Å². The van der Waals surface area contributed by atoms with E-state index in [-0.39, 0.29) is 5.75 Å². The first-order valence-electron chi connectivity index (χ1n) is 3.31. The predicted octanol–water partition coefficient (Wildman–Crippen LogP) is 1.39. The van der Waals surface area contributed by atoms with Crippen LogP contribution in [0.1, 0.15) is 0 Å². The zero-order chi connectivity index (χ0) is 8.10. The second-order valence-corrected chi connectivity index (χ2v) is 2.10. The molecule has 1 rings (SSSR count). The van der Waals surface area contributed by atoms with Crippen molar-refractivity contribution in [1.82, 2.24) is 4.98 Å². The summed E-state index contributed by atoms with van der Waals surface area (Å²) in [4.78, 5) is 3.79. The third kappa shape index (κ3) is 2.29. The SMILES string of the molecule is C=CCNc1cncc(O)c1. The molecule has 0 atom stereocenters. The fraction of sp³-hybridized carbons (Fsp3) is 0.125. The van der Waals surface area contributed by atoms with E-state index in [1.807, 2.05) is 0 Å². The van der Waals surface area contributed by atoms with Crippen molar-refractivity contribution in [2.45, 2.75) is 0 Å². The Bertz CT molecular complexity index is 248. The van der Waals surface area contributed by atoms with Gasteiger partial charge in [0.1, 0.15) is 5.75 Å².